The standard InChI is InChI=1S/C20H32O2S/c1-5-22-17(23)18(2)11-12-19(3)14(13-18)9-10-20(4)15(19)7-6-8-16(20)21/h14-15H,5-13H2,1-4H3. The first-order valence-electron chi connectivity index (χ1n) is 9.47. The number of ketones is 1. The first-order valence-corrected chi connectivity index (χ1v) is 9.87. The number of thiocarbonyl (C=S) groups is 1. The number of hydrogen-bond donors (Lipinski definition) is 0. The smallest absolute Gasteiger partial charge is 0.165 e. The van der Waals surface area contributed by atoms with Gasteiger partial charge in [0.15, 0.2) is 5.05 Å². The Kier molecular flexibility index (Phi) is 4.40. The minimum absolute atomic E-state index is 0.0436. The summed E-state index contributed by atoms with van der Waals surface area (Å²) >= 11 is 5.60. The summed E-state index contributed by atoms with van der Waals surface area (Å²) in [6.45, 7) is 9.72. The van der Waals surface area contributed by atoms with E-state index in [-0.39, 0.29) is 10.8 Å². The second-order valence-electron chi connectivity index (χ2n) is 9.01. The van der Waals surface area contributed by atoms with Crippen molar-refractivity contribution < 1.29 is 9.53 Å². The van der Waals surface area contributed by atoms with E-state index in [0.717, 1.165) is 37.2 Å². The van der Waals surface area contributed by atoms with Gasteiger partial charge in [-0.15, -0.1) is 0 Å². The highest BCUT2D eigenvalue weighted by Gasteiger charge is 2.60. The Labute approximate surface area is 146 Å². The molecule has 0 aliphatic heterocycles. The Morgan fingerprint density at radius 2 is 1.96 bits per heavy atom. The Balaban J connectivity index is 1.85. The summed E-state index contributed by atoms with van der Waals surface area (Å²) in [6.07, 6.45) is 8.84. The van der Waals surface area contributed by atoms with Gasteiger partial charge < -0.3 is 4.74 Å². The SMILES string of the molecule is CCOC(=S)C1(C)CCC2(C)C(CCC3(C)C(=O)CCCC32)C1. The lowest BCUT2D eigenvalue weighted by molar-refractivity contribution is -0.156. The predicted molar refractivity (Wildman–Crippen MR) is 97.5 cm³/mol. The summed E-state index contributed by atoms with van der Waals surface area (Å²) < 4.78 is 5.72. The summed E-state index contributed by atoms with van der Waals surface area (Å²) in [4.78, 5) is 12.6. The van der Waals surface area contributed by atoms with E-state index in [9.17, 15) is 4.79 Å². The van der Waals surface area contributed by atoms with Crippen LogP contribution in [0.5, 0.6) is 0 Å². The van der Waals surface area contributed by atoms with Crippen LogP contribution in [0.15, 0.2) is 0 Å². The fourth-order valence-electron chi connectivity index (χ4n) is 6.12. The zero-order valence-corrected chi connectivity index (χ0v) is 16.1. The zero-order valence-electron chi connectivity index (χ0n) is 15.2. The summed E-state index contributed by atoms with van der Waals surface area (Å²) in [5.41, 5.74) is 0.296. The van der Waals surface area contributed by atoms with Gasteiger partial charge in [0.2, 0.25) is 0 Å². The lowest BCUT2D eigenvalue weighted by Gasteiger charge is -2.61. The van der Waals surface area contributed by atoms with Crippen LogP contribution in [0.4, 0.5) is 0 Å². The van der Waals surface area contributed by atoms with Crippen molar-refractivity contribution >= 4 is 23.1 Å². The molecule has 0 bridgehead atoms. The normalized spacial score (nSPS) is 46.7. The van der Waals surface area contributed by atoms with Crippen LogP contribution in [0.25, 0.3) is 0 Å². The van der Waals surface area contributed by atoms with E-state index < -0.39 is 0 Å². The van der Waals surface area contributed by atoms with Crippen molar-refractivity contribution in [3.8, 4) is 0 Å². The fraction of sp³-hybridized carbons (Fsp3) is 0.900. The minimum atomic E-state index is -0.0579. The van der Waals surface area contributed by atoms with E-state index in [4.69, 9.17) is 17.0 Å². The number of fused-ring (bicyclic) bond motifs is 3. The van der Waals surface area contributed by atoms with Crippen LogP contribution in [-0.2, 0) is 9.53 Å². The molecular weight excluding hydrogens is 304 g/mol. The van der Waals surface area contributed by atoms with Crippen LogP contribution in [-0.4, -0.2) is 17.4 Å². The molecular formula is C20H32O2S. The van der Waals surface area contributed by atoms with Crippen LogP contribution in [0, 0.1) is 28.1 Å². The second-order valence-corrected chi connectivity index (χ2v) is 9.38. The molecule has 2 nitrogen and oxygen atoms in total. The molecule has 0 heterocycles. The quantitative estimate of drug-likeness (QED) is 0.637. The van der Waals surface area contributed by atoms with Crippen molar-refractivity contribution in [2.24, 2.45) is 28.1 Å². The summed E-state index contributed by atoms with van der Waals surface area (Å²) in [5.74, 6) is 1.79. The maximum Gasteiger partial charge on any atom is 0.165 e. The number of Topliss-reactive ketones (excluding diaryl/α,β-unsaturated/α-hetero) is 1. The first-order chi connectivity index (χ1) is 10.8. The lowest BCUT2D eigenvalue weighted by Crippen LogP contribution is -2.57. The maximum absolute atomic E-state index is 12.6. The number of rotatable bonds is 2. The van der Waals surface area contributed by atoms with Crippen LogP contribution < -0.4 is 0 Å². The van der Waals surface area contributed by atoms with E-state index in [1.165, 1.54) is 19.3 Å². The maximum atomic E-state index is 12.6. The third-order valence-corrected chi connectivity index (χ3v) is 8.33. The number of hydrogen-bond acceptors (Lipinski definition) is 3. The van der Waals surface area contributed by atoms with Crippen molar-refractivity contribution in [1.29, 1.82) is 0 Å². The molecule has 3 aliphatic rings. The summed E-state index contributed by atoms with van der Waals surface area (Å²) in [6, 6.07) is 0. The highest BCUT2D eigenvalue weighted by atomic mass is 32.1. The molecule has 0 aromatic carbocycles. The van der Waals surface area contributed by atoms with Gasteiger partial charge in [0.05, 0.1) is 6.61 Å². The predicted octanol–water partition coefficient (Wildman–Crippen LogP) is 5.33. The molecule has 0 radical (unpaired) electrons. The molecule has 130 valence electrons. The molecule has 3 fully saturated rings. The van der Waals surface area contributed by atoms with Gasteiger partial charge in [0.1, 0.15) is 5.78 Å². The minimum Gasteiger partial charge on any atom is -0.487 e. The summed E-state index contributed by atoms with van der Waals surface area (Å²) in [7, 11) is 0. The second kappa shape index (κ2) is 5.82. The molecule has 3 heteroatoms. The molecule has 0 saturated heterocycles. The Morgan fingerprint density at radius 3 is 2.65 bits per heavy atom. The van der Waals surface area contributed by atoms with Crippen LogP contribution in [0.1, 0.15) is 79.1 Å². The lowest BCUT2D eigenvalue weighted by atomic mass is 9.43. The molecule has 0 spiro atoms. The Bertz CT molecular complexity index is 516. The van der Waals surface area contributed by atoms with Gasteiger partial charge in [0, 0.05) is 17.3 Å². The molecule has 0 aromatic heterocycles. The van der Waals surface area contributed by atoms with Gasteiger partial charge in [-0.3, -0.25) is 4.79 Å². The van der Waals surface area contributed by atoms with Crippen molar-refractivity contribution in [2.75, 3.05) is 6.61 Å². The highest BCUT2D eigenvalue weighted by molar-refractivity contribution is 7.80. The van der Waals surface area contributed by atoms with Gasteiger partial charge in [-0.05, 0) is 81.3 Å². The van der Waals surface area contributed by atoms with Gasteiger partial charge >= 0.3 is 0 Å². The Hall–Kier alpha value is -0.440. The van der Waals surface area contributed by atoms with E-state index >= 15 is 0 Å². The van der Waals surface area contributed by atoms with E-state index in [0.29, 0.717) is 29.6 Å². The molecule has 0 amide bonds. The van der Waals surface area contributed by atoms with Crippen molar-refractivity contribution in [3.05, 3.63) is 0 Å². The molecule has 5 atom stereocenters. The third-order valence-electron chi connectivity index (χ3n) is 7.72. The molecule has 0 N–H and O–H groups in total. The van der Waals surface area contributed by atoms with Gasteiger partial charge in [-0.25, -0.2) is 0 Å². The van der Waals surface area contributed by atoms with Crippen molar-refractivity contribution in [2.45, 2.75) is 79.1 Å². The number of carbonyl (C=O) groups excluding carboxylic acids is 1. The highest BCUT2D eigenvalue weighted by Crippen LogP contribution is 2.65. The molecule has 3 saturated carbocycles. The zero-order chi connectivity index (χ0) is 16.9. The van der Waals surface area contributed by atoms with E-state index in [2.05, 4.69) is 20.8 Å². The van der Waals surface area contributed by atoms with Crippen LogP contribution in [0.2, 0.25) is 0 Å². The third kappa shape index (κ3) is 2.58. The van der Waals surface area contributed by atoms with Gasteiger partial charge in [0.25, 0.3) is 0 Å². The molecule has 3 aliphatic carbocycles. The summed E-state index contributed by atoms with van der Waals surface area (Å²) in [5, 5.41) is 0.815. The van der Waals surface area contributed by atoms with Crippen molar-refractivity contribution in [3.63, 3.8) is 0 Å². The van der Waals surface area contributed by atoms with E-state index in [1.807, 2.05) is 6.92 Å². The fourth-order valence-corrected chi connectivity index (χ4v) is 6.42. The topological polar surface area (TPSA) is 26.3 Å². The average Bonchev–Trinajstić information content (AvgIpc) is 2.51. The average molecular weight is 337 g/mol. The number of ether oxygens (including phenoxy) is 1. The Morgan fingerprint density at radius 1 is 1.22 bits per heavy atom. The molecule has 0 aromatic rings. The molecule has 3 rings (SSSR count). The van der Waals surface area contributed by atoms with Crippen LogP contribution in [0.3, 0.4) is 0 Å². The molecule has 23 heavy (non-hydrogen) atoms. The first kappa shape index (κ1) is 17.4. The van der Waals surface area contributed by atoms with Gasteiger partial charge in [-0.2, -0.15) is 0 Å². The van der Waals surface area contributed by atoms with E-state index in [1.54, 1.807) is 0 Å². The molecule has 5 unspecified atom stereocenters. The van der Waals surface area contributed by atoms with Crippen LogP contribution >= 0.6 is 12.2 Å². The monoisotopic (exact) mass is 336 g/mol. The van der Waals surface area contributed by atoms with Gasteiger partial charge in [-0.1, -0.05) is 20.8 Å². The number of carbonyl (C=O) groups is 1. The van der Waals surface area contributed by atoms with Crippen molar-refractivity contribution in [1.82, 2.24) is 0 Å². The largest absolute Gasteiger partial charge is 0.487 e.